The average molecular weight is 260 g/mol. The molecule has 8 heteroatoms. The fourth-order valence-electron chi connectivity index (χ4n) is 1.23. The summed E-state index contributed by atoms with van der Waals surface area (Å²) in [6.45, 7) is -0.0559. The number of rotatable bonds is 5. The van der Waals surface area contributed by atoms with Crippen LogP contribution >= 0.6 is 0 Å². The van der Waals surface area contributed by atoms with Crippen LogP contribution in [0.2, 0.25) is 0 Å². The van der Waals surface area contributed by atoms with Gasteiger partial charge in [-0.3, -0.25) is 0 Å². The number of anilines is 1. The molecule has 0 amide bonds. The number of aromatic carboxylic acids is 1. The number of nitrogens with two attached hydrogens (primary N) is 1. The first-order chi connectivity index (χ1) is 7.86. The van der Waals surface area contributed by atoms with Crippen LogP contribution in [-0.4, -0.2) is 37.8 Å². The second-order valence-electron chi connectivity index (χ2n) is 3.21. The Morgan fingerprint density at radius 2 is 2.06 bits per heavy atom. The molecule has 0 aromatic heterocycles. The molecule has 0 saturated heterocycles. The van der Waals surface area contributed by atoms with E-state index in [2.05, 4.69) is 5.32 Å². The van der Waals surface area contributed by atoms with Gasteiger partial charge in [-0.25, -0.2) is 18.4 Å². The van der Waals surface area contributed by atoms with Crippen LogP contribution in [0, 0.1) is 0 Å². The number of carboxylic acids is 1. The highest BCUT2D eigenvalue weighted by atomic mass is 32.2. The summed E-state index contributed by atoms with van der Waals surface area (Å²) < 4.78 is 22.5. The molecule has 0 heterocycles. The van der Waals surface area contributed by atoms with E-state index in [4.69, 9.17) is 15.4 Å². The first-order valence-electron chi connectivity index (χ1n) is 4.61. The molecule has 0 aliphatic carbocycles. The predicted molar refractivity (Wildman–Crippen MR) is 60.4 cm³/mol. The minimum absolute atomic E-state index is 0.134. The van der Waals surface area contributed by atoms with E-state index in [1.807, 2.05) is 0 Å². The number of hydrogen-bond acceptors (Lipinski definition) is 5. The highest BCUT2D eigenvalue weighted by Gasteiger charge is 2.16. The first-order valence-corrected chi connectivity index (χ1v) is 6.16. The summed E-state index contributed by atoms with van der Waals surface area (Å²) in [6.07, 6.45) is 0. The normalized spacial score (nSPS) is 11.2. The summed E-state index contributed by atoms with van der Waals surface area (Å²) in [6, 6.07) is 3.51. The van der Waals surface area contributed by atoms with E-state index in [1.54, 1.807) is 0 Å². The van der Waals surface area contributed by atoms with Crippen LogP contribution in [0.15, 0.2) is 23.1 Å². The van der Waals surface area contributed by atoms with Crippen LogP contribution < -0.4 is 10.5 Å². The minimum Gasteiger partial charge on any atom is -0.478 e. The fourth-order valence-corrected chi connectivity index (χ4v) is 1.97. The molecule has 1 aromatic rings. The highest BCUT2D eigenvalue weighted by molar-refractivity contribution is 7.89. The van der Waals surface area contributed by atoms with Gasteiger partial charge in [-0.05, 0) is 18.2 Å². The van der Waals surface area contributed by atoms with Crippen molar-refractivity contribution >= 4 is 21.7 Å². The van der Waals surface area contributed by atoms with Gasteiger partial charge in [0.1, 0.15) is 4.90 Å². The van der Waals surface area contributed by atoms with Crippen molar-refractivity contribution in [1.82, 2.24) is 0 Å². The number of benzene rings is 1. The Morgan fingerprint density at radius 1 is 1.41 bits per heavy atom. The molecular formula is C9H12N2O5S. The molecule has 94 valence electrons. The van der Waals surface area contributed by atoms with Gasteiger partial charge < -0.3 is 15.5 Å². The molecule has 5 N–H and O–H groups in total. The maximum Gasteiger partial charge on any atom is 0.335 e. The molecule has 0 aliphatic rings. The lowest BCUT2D eigenvalue weighted by molar-refractivity contribution is 0.0696. The standard InChI is InChI=1S/C9H12N2O5S/c10-17(15,16)8-5-6(9(13)14)1-2-7(8)11-3-4-12/h1-2,5,11-12H,3-4H2,(H,13,14)(H2,10,15,16). The Labute approximate surface area is 97.9 Å². The summed E-state index contributed by atoms with van der Waals surface area (Å²) in [5, 5.41) is 25.0. The molecule has 0 bridgehead atoms. The van der Waals surface area contributed by atoms with Crippen molar-refractivity contribution in [1.29, 1.82) is 0 Å². The lowest BCUT2D eigenvalue weighted by Crippen LogP contribution is -2.17. The van der Waals surface area contributed by atoms with E-state index in [0.717, 1.165) is 6.07 Å². The van der Waals surface area contributed by atoms with Crippen molar-refractivity contribution in [3.63, 3.8) is 0 Å². The van der Waals surface area contributed by atoms with Crippen LogP contribution in [0.25, 0.3) is 0 Å². The Hall–Kier alpha value is -1.64. The summed E-state index contributed by atoms with van der Waals surface area (Å²) in [5.74, 6) is -1.25. The maximum atomic E-state index is 11.3. The van der Waals surface area contributed by atoms with Gasteiger partial charge in [0.05, 0.1) is 17.9 Å². The smallest absolute Gasteiger partial charge is 0.335 e. The number of aliphatic hydroxyl groups is 1. The quantitative estimate of drug-likeness (QED) is 0.561. The predicted octanol–water partition coefficient (Wildman–Crippen LogP) is -0.564. The summed E-state index contributed by atoms with van der Waals surface area (Å²) in [5.41, 5.74) is -0.0184. The SMILES string of the molecule is NS(=O)(=O)c1cc(C(=O)O)ccc1NCCO. The Morgan fingerprint density at radius 3 is 2.53 bits per heavy atom. The average Bonchev–Trinajstić information content (AvgIpc) is 2.24. The van der Waals surface area contributed by atoms with Gasteiger partial charge in [0.15, 0.2) is 0 Å². The van der Waals surface area contributed by atoms with Crippen molar-refractivity contribution in [3.05, 3.63) is 23.8 Å². The monoisotopic (exact) mass is 260 g/mol. The van der Waals surface area contributed by atoms with Gasteiger partial charge in [-0.1, -0.05) is 0 Å². The Balaban J connectivity index is 3.27. The van der Waals surface area contributed by atoms with E-state index in [-0.39, 0.29) is 29.3 Å². The lowest BCUT2D eigenvalue weighted by Gasteiger charge is -2.10. The van der Waals surface area contributed by atoms with Gasteiger partial charge in [-0.2, -0.15) is 0 Å². The molecule has 0 unspecified atom stereocenters. The van der Waals surface area contributed by atoms with Crippen LogP contribution in [-0.2, 0) is 10.0 Å². The molecule has 7 nitrogen and oxygen atoms in total. The second kappa shape index (κ2) is 5.13. The first kappa shape index (κ1) is 13.4. The molecule has 0 spiro atoms. The molecule has 0 atom stereocenters. The molecule has 0 saturated carbocycles. The van der Waals surface area contributed by atoms with E-state index in [1.165, 1.54) is 12.1 Å². The van der Waals surface area contributed by atoms with Crippen molar-refractivity contribution < 1.29 is 23.4 Å². The number of primary sulfonamides is 1. The summed E-state index contributed by atoms with van der Waals surface area (Å²) >= 11 is 0. The minimum atomic E-state index is -4.03. The molecule has 1 aromatic carbocycles. The van der Waals surface area contributed by atoms with Crippen LogP contribution in [0.4, 0.5) is 5.69 Å². The molecule has 0 aliphatic heterocycles. The number of sulfonamides is 1. The third-order valence-electron chi connectivity index (χ3n) is 1.96. The molecule has 0 fully saturated rings. The summed E-state index contributed by atoms with van der Waals surface area (Å²) in [7, 11) is -4.03. The van der Waals surface area contributed by atoms with Gasteiger partial charge in [0.2, 0.25) is 10.0 Å². The highest BCUT2D eigenvalue weighted by Crippen LogP contribution is 2.21. The largest absolute Gasteiger partial charge is 0.478 e. The third-order valence-corrected chi connectivity index (χ3v) is 2.91. The Kier molecular flexibility index (Phi) is 4.05. The molecular weight excluding hydrogens is 248 g/mol. The van der Waals surface area contributed by atoms with Crippen molar-refractivity contribution in [2.75, 3.05) is 18.5 Å². The van der Waals surface area contributed by atoms with Gasteiger partial charge in [0.25, 0.3) is 0 Å². The topological polar surface area (TPSA) is 130 Å². The van der Waals surface area contributed by atoms with E-state index >= 15 is 0 Å². The zero-order valence-corrected chi connectivity index (χ0v) is 9.57. The van der Waals surface area contributed by atoms with Gasteiger partial charge in [0, 0.05) is 6.54 Å². The van der Waals surface area contributed by atoms with Crippen LogP contribution in [0.5, 0.6) is 0 Å². The van der Waals surface area contributed by atoms with E-state index < -0.39 is 16.0 Å². The van der Waals surface area contributed by atoms with E-state index in [0.29, 0.717) is 0 Å². The van der Waals surface area contributed by atoms with Crippen LogP contribution in [0.1, 0.15) is 10.4 Å². The van der Waals surface area contributed by atoms with Gasteiger partial charge in [-0.15, -0.1) is 0 Å². The zero-order valence-electron chi connectivity index (χ0n) is 8.75. The van der Waals surface area contributed by atoms with Crippen LogP contribution in [0.3, 0.4) is 0 Å². The molecule has 0 radical (unpaired) electrons. The van der Waals surface area contributed by atoms with E-state index in [9.17, 15) is 13.2 Å². The second-order valence-corrected chi connectivity index (χ2v) is 4.74. The zero-order chi connectivity index (χ0) is 13.1. The van der Waals surface area contributed by atoms with Crippen molar-refractivity contribution in [3.8, 4) is 0 Å². The molecule has 17 heavy (non-hydrogen) atoms. The van der Waals surface area contributed by atoms with Crippen molar-refractivity contribution in [2.24, 2.45) is 5.14 Å². The van der Waals surface area contributed by atoms with Gasteiger partial charge >= 0.3 is 5.97 Å². The maximum absolute atomic E-state index is 11.3. The molecule has 1 rings (SSSR count). The fraction of sp³-hybridized carbons (Fsp3) is 0.222. The third kappa shape index (κ3) is 3.41. The number of carbonyl (C=O) groups is 1. The number of hydrogen-bond donors (Lipinski definition) is 4. The van der Waals surface area contributed by atoms with Crippen molar-refractivity contribution in [2.45, 2.75) is 4.90 Å². The number of carboxylic acid groups (broad SMARTS) is 1. The number of aliphatic hydroxyl groups excluding tert-OH is 1. The number of nitrogens with one attached hydrogen (secondary N) is 1. The Bertz CT molecular complexity index is 526. The lowest BCUT2D eigenvalue weighted by atomic mass is 10.2. The summed E-state index contributed by atoms with van der Waals surface area (Å²) in [4.78, 5) is 10.4.